The van der Waals surface area contributed by atoms with E-state index in [0.29, 0.717) is 16.9 Å². The molecule has 0 radical (unpaired) electrons. The summed E-state index contributed by atoms with van der Waals surface area (Å²) in [4.78, 5) is 30.8. The van der Waals surface area contributed by atoms with Gasteiger partial charge in [0.15, 0.2) is 0 Å². The van der Waals surface area contributed by atoms with Crippen LogP contribution in [-0.4, -0.2) is 55.2 Å². The maximum Gasteiger partial charge on any atom is 0.261 e. The zero-order valence-electron chi connectivity index (χ0n) is 14.4. The van der Waals surface area contributed by atoms with Crippen molar-refractivity contribution in [2.24, 2.45) is 0 Å². The van der Waals surface area contributed by atoms with Crippen molar-refractivity contribution in [2.75, 3.05) is 39.4 Å². The van der Waals surface area contributed by atoms with Gasteiger partial charge in [-0.1, -0.05) is 29.5 Å². The Labute approximate surface area is 154 Å². The van der Waals surface area contributed by atoms with Crippen LogP contribution < -0.4 is 10.1 Å². The molecule has 1 saturated heterocycles. The third-order valence-electron chi connectivity index (χ3n) is 4.69. The summed E-state index contributed by atoms with van der Waals surface area (Å²) in [6.45, 7) is 5.01. The number of amides is 1. The first-order valence-corrected chi connectivity index (χ1v) is 9.67. The van der Waals surface area contributed by atoms with E-state index >= 15 is 0 Å². The standard InChI is InChI=1S/C19H21N3O3S/c23-18(20-6-3-7-22-8-10-25-11-9-22)16-12-14-13-4-1-2-5-15(13)21-17(14)19(24)26-16/h1-2,4-5,12,21H,3,6-11H2,(H,20,23). The summed E-state index contributed by atoms with van der Waals surface area (Å²) in [5.74, 6) is -0.179. The first kappa shape index (κ1) is 17.2. The molecule has 7 heteroatoms. The van der Waals surface area contributed by atoms with Crippen molar-refractivity contribution in [3.8, 4) is 0 Å². The van der Waals surface area contributed by atoms with Gasteiger partial charge >= 0.3 is 0 Å². The number of nitrogens with zero attached hydrogens (tertiary/aromatic N) is 1. The number of rotatable bonds is 5. The van der Waals surface area contributed by atoms with Crippen LogP contribution in [0.2, 0.25) is 0 Å². The number of para-hydroxylation sites is 1. The van der Waals surface area contributed by atoms with Crippen molar-refractivity contribution in [3.63, 3.8) is 0 Å². The van der Waals surface area contributed by atoms with Gasteiger partial charge in [0.05, 0.1) is 18.1 Å². The summed E-state index contributed by atoms with van der Waals surface area (Å²) in [6.07, 6.45) is 0.885. The molecular formula is C19H21N3O3S. The molecule has 1 aliphatic rings. The van der Waals surface area contributed by atoms with E-state index in [2.05, 4.69) is 15.2 Å². The minimum absolute atomic E-state index is 0.114. The van der Waals surface area contributed by atoms with E-state index in [1.807, 2.05) is 30.3 Å². The highest BCUT2D eigenvalue weighted by Gasteiger charge is 2.14. The van der Waals surface area contributed by atoms with Gasteiger partial charge in [0, 0.05) is 35.9 Å². The fourth-order valence-corrected chi connectivity index (χ4v) is 4.12. The number of ether oxygens (including phenoxy) is 1. The van der Waals surface area contributed by atoms with E-state index in [0.717, 1.165) is 66.9 Å². The number of nitrogens with one attached hydrogen (secondary N) is 2. The van der Waals surface area contributed by atoms with Gasteiger partial charge in [0.2, 0.25) is 0 Å². The number of benzene rings is 1. The molecular weight excluding hydrogens is 350 g/mol. The van der Waals surface area contributed by atoms with E-state index in [9.17, 15) is 9.59 Å². The summed E-state index contributed by atoms with van der Waals surface area (Å²) >= 11 is 0.990. The fourth-order valence-electron chi connectivity index (χ4n) is 3.31. The average molecular weight is 371 g/mol. The molecule has 1 fully saturated rings. The van der Waals surface area contributed by atoms with Gasteiger partial charge in [0.25, 0.3) is 10.6 Å². The molecule has 1 aliphatic heterocycles. The first-order valence-electron chi connectivity index (χ1n) is 8.85. The topological polar surface area (TPSA) is 74.4 Å². The molecule has 6 nitrogen and oxygen atoms in total. The van der Waals surface area contributed by atoms with E-state index in [1.54, 1.807) is 0 Å². The van der Waals surface area contributed by atoms with Crippen molar-refractivity contribution in [1.82, 2.24) is 15.2 Å². The van der Waals surface area contributed by atoms with Gasteiger partial charge in [-0.25, -0.2) is 0 Å². The number of aromatic nitrogens is 1. The Morgan fingerprint density at radius 1 is 1.23 bits per heavy atom. The number of hydrogen-bond acceptors (Lipinski definition) is 5. The van der Waals surface area contributed by atoms with Gasteiger partial charge in [0.1, 0.15) is 5.52 Å². The van der Waals surface area contributed by atoms with Gasteiger partial charge in [-0.2, -0.15) is 0 Å². The van der Waals surface area contributed by atoms with Gasteiger partial charge in [-0.15, -0.1) is 0 Å². The molecule has 3 heterocycles. The summed E-state index contributed by atoms with van der Waals surface area (Å²) in [6, 6.07) is 9.57. The molecule has 2 aromatic heterocycles. The van der Waals surface area contributed by atoms with Gasteiger partial charge < -0.3 is 15.0 Å². The molecule has 1 aromatic carbocycles. The number of H-pyrrole nitrogens is 1. The molecule has 0 bridgehead atoms. The van der Waals surface area contributed by atoms with Crippen LogP contribution in [0.15, 0.2) is 35.1 Å². The van der Waals surface area contributed by atoms with Crippen LogP contribution in [0.1, 0.15) is 16.1 Å². The maximum atomic E-state index is 12.5. The fraction of sp³-hybridized carbons (Fsp3) is 0.368. The normalized spacial score (nSPS) is 15.5. The average Bonchev–Trinajstić information content (AvgIpc) is 3.05. The monoisotopic (exact) mass is 371 g/mol. The van der Waals surface area contributed by atoms with Crippen LogP contribution >= 0.6 is 11.3 Å². The summed E-state index contributed by atoms with van der Waals surface area (Å²) < 4.78 is 5.22. The Morgan fingerprint density at radius 2 is 2.04 bits per heavy atom. The van der Waals surface area contributed by atoms with Crippen LogP contribution in [0.5, 0.6) is 0 Å². The van der Waals surface area contributed by atoms with Crippen molar-refractivity contribution < 1.29 is 9.53 Å². The molecule has 3 aromatic rings. The maximum absolute atomic E-state index is 12.5. The van der Waals surface area contributed by atoms with Crippen molar-refractivity contribution in [2.45, 2.75) is 6.42 Å². The number of hydrogen-bond donors (Lipinski definition) is 2. The number of aromatic amines is 1. The Bertz CT molecular complexity index is 989. The number of fused-ring (bicyclic) bond motifs is 3. The third kappa shape index (κ3) is 3.51. The molecule has 0 saturated carbocycles. The lowest BCUT2D eigenvalue weighted by molar-refractivity contribution is 0.0374. The van der Waals surface area contributed by atoms with Crippen LogP contribution in [0, 0.1) is 0 Å². The Hall–Kier alpha value is -2.22. The Kier molecular flexibility index (Phi) is 5.01. The minimum Gasteiger partial charge on any atom is -0.379 e. The molecule has 26 heavy (non-hydrogen) atoms. The lowest BCUT2D eigenvalue weighted by Crippen LogP contribution is -2.38. The lowest BCUT2D eigenvalue weighted by atomic mass is 10.2. The Balaban J connectivity index is 1.44. The largest absolute Gasteiger partial charge is 0.379 e. The quantitative estimate of drug-likeness (QED) is 0.675. The van der Waals surface area contributed by atoms with Crippen LogP contribution in [-0.2, 0) is 4.74 Å². The van der Waals surface area contributed by atoms with Crippen molar-refractivity contribution in [3.05, 3.63) is 44.7 Å². The van der Waals surface area contributed by atoms with E-state index in [4.69, 9.17) is 4.74 Å². The second-order valence-corrected chi connectivity index (χ2v) is 7.44. The molecule has 0 unspecified atom stereocenters. The predicted octanol–water partition coefficient (Wildman–Crippen LogP) is 2.19. The van der Waals surface area contributed by atoms with E-state index < -0.39 is 0 Å². The zero-order chi connectivity index (χ0) is 17.9. The zero-order valence-corrected chi connectivity index (χ0v) is 15.2. The van der Waals surface area contributed by atoms with E-state index in [1.165, 1.54) is 0 Å². The first-order chi connectivity index (χ1) is 12.7. The molecule has 2 N–H and O–H groups in total. The highest BCUT2D eigenvalue weighted by atomic mass is 32.1. The summed E-state index contributed by atoms with van der Waals surface area (Å²) in [7, 11) is 0. The van der Waals surface area contributed by atoms with Crippen molar-refractivity contribution in [1.29, 1.82) is 0 Å². The molecule has 0 atom stereocenters. The highest BCUT2D eigenvalue weighted by molar-refractivity contribution is 7.12. The molecule has 0 aliphatic carbocycles. The highest BCUT2D eigenvalue weighted by Crippen LogP contribution is 2.25. The van der Waals surface area contributed by atoms with Crippen LogP contribution in [0.3, 0.4) is 0 Å². The molecule has 1 amide bonds. The van der Waals surface area contributed by atoms with Crippen LogP contribution in [0.25, 0.3) is 21.8 Å². The molecule has 0 spiro atoms. The number of carbonyl (C=O) groups is 1. The van der Waals surface area contributed by atoms with Gasteiger partial charge in [-0.05, 0) is 25.1 Å². The number of morpholine rings is 1. The smallest absolute Gasteiger partial charge is 0.261 e. The molecule has 4 rings (SSSR count). The second-order valence-electron chi connectivity index (χ2n) is 6.42. The summed E-state index contributed by atoms with van der Waals surface area (Å²) in [5.41, 5.74) is 1.48. The van der Waals surface area contributed by atoms with Gasteiger partial charge in [-0.3, -0.25) is 14.5 Å². The minimum atomic E-state index is -0.179. The lowest BCUT2D eigenvalue weighted by Gasteiger charge is -2.26. The van der Waals surface area contributed by atoms with Crippen LogP contribution in [0.4, 0.5) is 0 Å². The van der Waals surface area contributed by atoms with Crippen molar-refractivity contribution >= 4 is 39.0 Å². The molecule has 136 valence electrons. The SMILES string of the molecule is O=C(NCCCN1CCOCC1)c1cc2c([nH]c3ccccc32)c(=O)s1. The Morgan fingerprint density at radius 3 is 2.88 bits per heavy atom. The third-order valence-corrected chi connectivity index (χ3v) is 5.61. The number of carbonyl (C=O) groups excluding carboxylic acids is 1. The van der Waals surface area contributed by atoms with E-state index in [-0.39, 0.29) is 10.6 Å². The predicted molar refractivity (Wildman–Crippen MR) is 104 cm³/mol. The second kappa shape index (κ2) is 7.57. The summed E-state index contributed by atoms with van der Waals surface area (Å²) in [5, 5.41) is 4.71.